The van der Waals surface area contributed by atoms with Crippen LogP contribution in [0, 0.1) is 5.92 Å². The van der Waals surface area contributed by atoms with E-state index in [4.69, 9.17) is 0 Å². The summed E-state index contributed by atoms with van der Waals surface area (Å²) in [5.74, 6) is 0.588. The minimum Gasteiger partial charge on any atom is -0.308 e. The van der Waals surface area contributed by atoms with Gasteiger partial charge in [-0.05, 0) is 26.4 Å². The molecule has 0 aromatic carbocycles. The molecule has 1 aromatic rings. The Hall–Kier alpha value is -1.40. The lowest BCUT2D eigenvalue weighted by molar-refractivity contribution is 0.304. The van der Waals surface area contributed by atoms with Crippen molar-refractivity contribution in [3.05, 3.63) is 32.6 Å². The molecular weight excluding hydrogens is 268 g/mol. The van der Waals surface area contributed by atoms with E-state index in [9.17, 15) is 9.59 Å². The summed E-state index contributed by atoms with van der Waals surface area (Å²) >= 11 is 0. The van der Waals surface area contributed by atoms with Crippen LogP contribution in [-0.2, 0) is 20.6 Å². The summed E-state index contributed by atoms with van der Waals surface area (Å²) < 4.78 is 2.60. The van der Waals surface area contributed by atoms with Gasteiger partial charge in [0.15, 0.2) is 0 Å². The molecule has 1 rings (SSSR count). The monoisotopic (exact) mass is 296 g/mol. The first kappa shape index (κ1) is 17.7. The summed E-state index contributed by atoms with van der Waals surface area (Å²) in [6, 6.07) is 0.321. The Morgan fingerprint density at radius 2 is 1.86 bits per heavy atom. The molecule has 0 aliphatic rings. The van der Waals surface area contributed by atoms with E-state index in [2.05, 4.69) is 24.1 Å². The second-order valence-corrected chi connectivity index (χ2v) is 6.38. The van der Waals surface area contributed by atoms with Gasteiger partial charge in [0.2, 0.25) is 0 Å². The summed E-state index contributed by atoms with van der Waals surface area (Å²) in [4.78, 5) is 25.9. The van der Waals surface area contributed by atoms with Gasteiger partial charge in [0, 0.05) is 45.0 Å². The van der Waals surface area contributed by atoms with Crippen LogP contribution in [0.3, 0.4) is 0 Å². The standard InChI is InChI=1S/C15H28N4O2/c1-11(2)7-13(10-17(3)4)16-8-12-9-18(5)15(21)19(6)14(12)20/h9,11,13,16H,7-8,10H2,1-6H3. The van der Waals surface area contributed by atoms with E-state index >= 15 is 0 Å². The Kier molecular flexibility index (Phi) is 6.36. The van der Waals surface area contributed by atoms with Crippen LogP contribution in [0.4, 0.5) is 0 Å². The minimum absolute atomic E-state index is 0.223. The number of nitrogens with one attached hydrogen (secondary N) is 1. The first-order valence-electron chi connectivity index (χ1n) is 7.36. The molecule has 6 nitrogen and oxygen atoms in total. The number of aromatic nitrogens is 2. The van der Waals surface area contributed by atoms with Crippen LogP contribution in [0.1, 0.15) is 25.8 Å². The Morgan fingerprint density at radius 1 is 1.24 bits per heavy atom. The van der Waals surface area contributed by atoms with Gasteiger partial charge in [0.1, 0.15) is 0 Å². The Labute approximate surface area is 126 Å². The quantitative estimate of drug-likeness (QED) is 0.778. The topological polar surface area (TPSA) is 59.3 Å². The maximum absolute atomic E-state index is 12.1. The fraction of sp³-hybridized carbons (Fsp3) is 0.733. The molecule has 1 aromatic heterocycles. The third-order valence-electron chi connectivity index (χ3n) is 3.44. The lowest BCUT2D eigenvalue weighted by Crippen LogP contribution is -2.43. The zero-order chi connectivity index (χ0) is 16.2. The minimum atomic E-state index is -0.296. The summed E-state index contributed by atoms with van der Waals surface area (Å²) in [5.41, 5.74) is 0.0987. The average molecular weight is 296 g/mol. The molecule has 0 spiro atoms. The lowest BCUT2D eigenvalue weighted by atomic mass is 10.0. The van der Waals surface area contributed by atoms with Gasteiger partial charge in [-0.3, -0.25) is 9.36 Å². The highest BCUT2D eigenvalue weighted by Crippen LogP contribution is 2.06. The zero-order valence-electron chi connectivity index (χ0n) is 14.0. The molecule has 0 fully saturated rings. The van der Waals surface area contributed by atoms with Crippen molar-refractivity contribution >= 4 is 0 Å². The van der Waals surface area contributed by atoms with Gasteiger partial charge in [-0.2, -0.15) is 0 Å². The fourth-order valence-corrected chi connectivity index (χ4v) is 2.49. The largest absolute Gasteiger partial charge is 0.330 e. The van der Waals surface area contributed by atoms with Gasteiger partial charge >= 0.3 is 5.69 Å². The molecule has 21 heavy (non-hydrogen) atoms. The van der Waals surface area contributed by atoms with Crippen molar-refractivity contribution in [1.29, 1.82) is 0 Å². The van der Waals surface area contributed by atoms with Crippen molar-refractivity contribution in [2.45, 2.75) is 32.9 Å². The molecule has 120 valence electrons. The normalized spacial score (nSPS) is 13.1. The van der Waals surface area contributed by atoms with Gasteiger partial charge in [0.25, 0.3) is 5.56 Å². The van der Waals surface area contributed by atoms with Crippen LogP contribution in [0.25, 0.3) is 0 Å². The van der Waals surface area contributed by atoms with Gasteiger partial charge < -0.3 is 14.8 Å². The number of likely N-dealkylation sites (N-methyl/N-ethyl adjacent to an activating group) is 1. The van der Waals surface area contributed by atoms with E-state index in [0.717, 1.165) is 17.5 Å². The van der Waals surface area contributed by atoms with Crippen molar-refractivity contribution in [1.82, 2.24) is 19.4 Å². The smallest absolute Gasteiger partial charge is 0.308 e. The molecule has 0 saturated carbocycles. The number of hydrogen-bond acceptors (Lipinski definition) is 4. The van der Waals surface area contributed by atoms with Crippen molar-refractivity contribution in [2.24, 2.45) is 20.0 Å². The summed E-state index contributed by atoms with van der Waals surface area (Å²) in [6.45, 7) is 5.78. The van der Waals surface area contributed by atoms with Crippen LogP contribution < -0.4 is 16.6 Å². The first-order valence-corrected chi connectivity index (χ1v) is 7.36. The van der Waals surface area contributed by atoms with Gasteiger partial charge in [0.05, 0.1) is 0 Å². The van der Waals surface area contributed by atoms with E-state index in [0.29, 0.717) is 24.1 Å². The third kappa shape index (κ3) is 5.13. The van der Waals surface area contributed by atoms with Crippen LogP contribution >= 0.6 is 0 Å². The van der Waals surface area contributed by atoms with Crippen LogP contribution in [0.2, 0.25) is 0 Å². The number of nitrogens with zero attached hydrogens (tertiary/aromatic N) is 3. The molecule has 0 aliphatic heterocycles. The highest BCUT2D eigenvalue weighted by Gasteiger charge is 2.13. The van der Waals surface area contributed by atoms with Crippen LogP contribution in [0.15, 0.2) is 15.8 Å². The van der Waals surface area contributed by atoms with E-state index < -0.39 is 0 Å². The molecule has 1 N–H and O–H groups in total. The highest BCUT2D eigenvalue weighted by molar-refractivity contribution is 5.05. The molecule has 6 heteroatoms. The Bertz CT molecular complexity index is 562. The molecule has 1 atom stereocenters. The van der Waals surface area contributed by atoms with Crippen molar-refractivity contribution in [2.75, 3.05) is 20.6 Å². The highest BCUT2D eigenvalue weighted by atomic mass is 16.2. The zero-order valence-corrected chi connectivity index (χ0v) is 14.0. The summed E-state index contributed by atoms with van der Waals surface area (Å²) in [5, 5.41) is 3.44. The molecular formula is C15H28N4O2. The van der Waals surface area contributed by atoms with Gasteiger partial charge in [-0.25, -0.2) is 4.79 Å². The molecule has 1 heterocycles. The summed E-state index contributed by atoms with van der Waals surface area (Å²) in [7, 11) is 7.26. The van der Waals surface area contributed by atoms with E-state index in [-0.39, 0.29) is 11.2 Å². The second kappa shape index (κ2) is 7.56. The van der Waals surface area contributed by atoms with Crippen molar-refractivity contribution in [3.8, 4) is 0 Å². The number of aryl methyl sites for hydroxylation is 1. The molecule has 0 aliphatic carbocycles. The predicted octanol–water partition coefficient (Wildman–Crippen LogP) is 0.150. The fourth-order valence-electron chi connectivity index (χ4n) is 2.49. The molecule has 0 radical (unpaired) electrons. The van der Waals surface area contributed by atoms with E-state index in [1.54, 1.807) is 13.2 Å². The molecule has 1 unspecified atom stereocenters. The van der Waals surface area contributed by atoms with Crippen molar-refractivity contribution < 1.29 is 0 Å². The number of hydrogen-bond donors (Lipinski definition) is 1. The van der Waals surface area contributed by atoms with Gasteiger partial charge in [-0.15, -0.1) is 0 Å². The SMILES string of the molecule is CC(C)CC(CN(C)C)NCc1cn(C)c(=O)n(C)c1=O. The second-order valence-electron chi connectivity index (χ2n) is 6.38. The lowest BCUT2D eigenvalue weighted by Gasteiger charge is -2.24. The summed E-state index contributed by atoms with van der Waals surface area (Å²) in [6.07, 6.45) is 2.67. The third-order valence-corrected chi connectivity index (χ3v) is 3.44. The van der Waals surface area contributed by atoms with E-state index in [1.807, 2.05) is 14.1 Å². The maximum Gasteiger partial charge on any atom is 0.330 e. The average Bonchev–Trinajstić information content (AvgIpc) is 2.37. The Balaban J connectivity index is 2.85. The molecule has 0 saturated heterocycles. The first-order chi connectivity index (χ1) is 9.72. The maximum atomic E-state index is 12.1. The van der Waals surface area contributed by atoms with E-state index in [1.165, 1.54) is 11.6 Å². The molecule has 0 bridgehead atoms. The predicted molar refractivity (Wildman–Crippen MR) is 85.6 cm³/mol. The number of rotatable bonds is 7. The van der Waals surface area contributed by atoms with Crippen LogP contribution in [0.5, 0.6) is 0 Å². The van der Waals surface area contributed by atoms with Crippen LogP contribution in [-0.4, -0.2) is 40.7 Å². The van der Waals surface area contributed by atoms with Crippen molar-refractivity contribution in [3.63, 3.8) is 0 Å². The Morgan fingerprint density at radius 3 is 2.38 bits per heavy atom. The molecule has 0 amide bonds. The van der Waals surface area contributed by atoms with Gasteiger partial charge in [-0.1, -0.05) is 13.8 Å².